The van der Waals surface area contributed by atoms with Gasteiger partial charge in [0.15, 0.2) is 5.11 Å². The maximum atomic E-state index is 5.32. The monoisotopic (exact) mass is 244 g/mol. The normalized spacial score (nSPS) is 16.5. The number of hydrogen-bond donors (Lipinski definition) is 2. The summed E-state index contributed by atoms with van der Waals surface area (Å²) in [6.45, 7) is 17.6. The van der Waals surface area contributed by atoms with Crippen LogP contribution in [0.25, 0.3) is 0 Å². The number of rotatable bonds is 2. The van der Waals surface area contributed by atoms with Crippen LogP contribution in [-0.2, 0) is 0 Å². The first-order chi connectivity index (χ1) is 6.94. The molecule has 0 bridgehead atoms. The zero-order valence-electron chi connectivity index (χ0n) is 12.1. The molecule has 0 aromatic rings. The van der Waals surface area contributed by atoms with Crippen molar-refractivity contribution in [2.24, 2.45) is 10.8 Å². The van der Waals surface area contributed by atoms with Gasteiger partial charge >= 0.3 is 0 Å². The maximum Gasteiger partial charge on any atom is 0.166 e. The smallest absolute Gasteiger partial charge is 0.166 e. The summed E-state index contributed by atoms with van der Waals surface area (Å²) in [7, 11) is 0. The van der Waals surface area contributed by atoms with Gasteiger partial charge < -0.3 is 10.6 Å². The van der Waals surface area contributed by atoms with Crippen LogP contribution in [0.15, 0.2) is 0 Å². The third-order valence-electron chi connectivity index (χ3n) is 3.29. The Labute approximate surface area is 107 Å². The maximum absolute atomic E-state index is 5.32. The van der Waals surface area contributed by atoms with Crippen molar-refractivity contribution in [2.75, 3.05) is 0 Å². The molecule has 0 spiro atoms. The van der Waals surface area contributed by atoms with E-state index in [1.165, 1.54) is 0 Å². The van der Waals surface area contributed by atoms with Gasteiger partial charge in [-0.3, -0.25) is 0 Å². The molecule has 0 saturated heterocycles. The Morgan fingerprint density at radius 1 is 0.812 bits per heavy atom. The highest BCUT2D eigenvalue weighted by atomic mass is 32.1. The lowest BCUT2D eigenvalue weighted by Crippen LogP contribution is -2.51. The molecular weight excluding hydrogens is 216 g/mol. The first-order valence-electron chi connectivity index (χ1n) is 6.01. The van der Waals surface area contributed by atoms with E-state index >= 15 is 0 Å². The molecule has 0 unspecified atom stereocenters. The van der Waals surface area contributed by atoms with Crippen molar-refractivity contribution in [1.82, 2.24) is 10.6 Å². The predicted molar refractivity (Wildman–Crippen MR) is 76.7 cm³/mol. The van der Waals surface area contributed by atoms with Gasteiger partial charge in [-0.15, -0.1) is 0 Å². The molecule has 0 aliphatic heterocycles. The molecule has 2 nitrogen and oxygen atoms in total. The summed E-state index contributed by atoms with van der Waals surface area (Å²) in [6, 6.07) is 0.722. The molecule has 0 saturated carbocycles. The molecule has 0 aliphatic carbocycles. The largest absolute Gasteiger partial charge is 0.360 e. The zero-order valence-corrected chi connectivity index (χ0v) is 12.9. The second kappa shape index (κ2) is 5.35. The Morgan fingerprint density at radius 3 is 1.25 bits per heavy atom. The Kier molecular flexibility index (Phi) is 5.24. The molecule has 0 aromatic heterocycles. The minimum atomic E-state index is 0.219. The quantitative estimate of drug-likeness (QED) is 0.729. The molecule has 0 aromatic carbocycles. The van der Waals surface area contributed by atoms with Gasteiger partial charge in [0.2, 0.25) is 0 Å². The molecule has 2 N–H and O–H groups in total. The van der Waals surface area contributed by atoms with Crippen LogP contribution in [0, 0.1) is 10.8 Å². The molecule has 96 valence electrons. The van der Waals surface area contributed by atoms with E-state index in [1.807, 2.05) is 0 Å². The first kappa shape index (κ1) is 15.7. The fraction of sp³-hybridized carbons (Fsp3) is 0.923. The molecule has 0 radical (unpaired) electrons. The fourth-order valence-electron chi connectivity index (χ4n) is 0.868. The molecule has 0 heterocycles. The van der Waals surface area contributed by atoms with Gasteiger partial charge in [0.25, 0.3) is 0 Å². The van der Waals surface area contributed by atoms with Crippen LogP contribution >= 0.6 is 12.2 Å². The van der Waals surface area contributed by atoms with Crippen molar-refractivity contribution in [3.05, 3.63) is 0 Å². The van der Waals surface area contributed by atoms with Crippen LogP contribution in [0.1, 0.15) is 55.4 Å². The lowest BCUT2D eigenvalue weighted by molar-refractivity contribution is 0.298. The summed E-state index contributed by atoms with van der Waals surface area (Å²) in [4.78, 5) is 0. The van der Waals surface area contributed by atoms with E-state index in [2.05, 4.69) is 66.0 Å². The summed E-state index contributed by atoms with van der Waals surface area (Å²) < 4.78 is 0. The van der Waals surface area contributed by atoms with Gasteiger partial charge in [-0.05, 0) is 36.9 Å². The number of nitrogens with one attached hydrogen (secondary N) is 2. The Balaban J connectivity index is 4.21. The van der Waals surface area contributed by atoms with Crippen LogP contribution in [0.5, 0.6) is 0 Å². The molecule has 2 atom stereocenters. The van der Waals surface area contributed by atoms with Crippen molar-refractivity contribution in [3.63, 3.8) is 0 Å². The average Bonchev–Trinajstić information content (AvgIpc) is 1.99. The van der Waals surface area contributed by atoms with E-state index in [4.69, 9.17) is 12.2 Å². The Hall–Kier alpha value is -0.310. The third kappa shape index (κ3) is 5.69. The minimum Gasteiger partial charge on any atom is -0.360 e. The van der Waals surface area contributed by atoms with Crippen LogP contribution in [0.3, 0.4) is 0 Å². The molecular formula is C13H28N2S. The second-order valence-electron chi connectivity index (χ2n) is 6.79. The summed E-state index contributed by atoms with van der Waals surface area (Å²) in [5.74, 6) is 0. The molecule has 0 fully saturated rings. The van der Waals surface area contributed by atoms with E-state index < -0.39 is 0 Å². The molecule has 0 rings (SSSR count). The van der Waals surface area contributed by atoms with Gasteiger partial charge in [0.1, 0.15) is 0 Å². The second-order valence-corrected chi connectivity index (χ2v) is 7.20. The van der Waals surface area contributed by atoms with Gasteiger partial charge in [0, 0.05) is 12.1 Å². The van der Waals surface area contributed by atoms with Crippen molar-refractivity contribution in [3.8, 4) is 0 Å². The first-order valence-corrected chi connectivity index (χ1v) is 6.42. The van der Waals surface area contributed by atoms with Crippen LogP contribution in [0.2, 0.25) is 0 Å². The Morgan fingerprint density at radius 2 is 1.06 bits per heavy atom. The minimum absolute atomic E-state index is 0.219. The fourth-order valence-corrected chi connectivity index (χ4v) is 1.22. The predicted octanol–water partition coefficient (Wildman–Crippen LogP) is 3.32. The highest BCUT2D eigenvalue weighted by Gasteiger charge is 2.23. The van der Waals surface area contributed by atoms with Crippen molar-refractivity contribution >= 4 is 17.3 Å². The molecule has 0 aliphatic rings. The summed E-state index contributed by atoms with van der Waals surface area (Å²) in [6.07, 6.45) is 0. The van der Waals surface area contributed by atoms with E-state index in [-0.39, 0.29) is 10.8 Å². The number of thiocarbonyl (C=S) groups is 1. The van der Waals surface area contributed by atoms with Gasteiger partial charge in [-0.1, -0.05) is 41.5 Å². The van der Waals surface area contributed by atoms with Gasteiger partial charge in [-0.2, -0.15) is 0 Å². The van der Waals surface area contributed by atoms with Crippen LogP contribution < -0.4 is 10.6 Å². The molecule has 0 amide bonds. The van der Waals surface area contributed by atoms with E-state index in [1.54, 1.807) is 0 Å². The van der Waals surface area contributed by atoms with Gasteiger partial charge in [0.05, 0.1) is 0 Å². The molecule has 16 heavy (non-hydrogen) atoms. The highest BCUT2D eigenvalue weighted by molar-refractivity contribution is 7.80. The zero-order chi connectivity index (χ0) is 13.1. The van der Waals surface area contributed by atoms with Crippen LogP contribution in [0.4, 0.5) is 0 Å². The van der Waals surface area contributed by atoms with Crippen molar-refractivity contribution in [2.45, 2.75) is 67.5 Å². The number of hydrogen-bond acceptors (Lipinski definition) is 1. The lowest BCUT2D eigenvalue weighted by atomic mass is 9.87. The third-order valence-corrected chi connectivity index (χ3v) is 3.53. The summed E-state index contributed by atoms with van der Waals surface area (Å²) in [5.41, 5.74) is 0.438. The lowest BCUT2D eigenvalue weighted by Gasteiger charge is -2.33. The average molecular weight is 244 g/mol. The van der Waals surface area contributed by atoms with E-state index in [0.717, 1.165) is 5.11 Å². The molecule has 3 heteroatoms. The van der Waals surface area contributed by atoms with Crippen LogP contribution in [-0.4, -0.2) is 17.2 Å². The standard InChI is InChI=1S/C13H28N2S/c1-9(12(3,4)5)14-11(16)15-10(2)13(6,7)8/h9-10H,1-8H3,(H2,14,15,16)/t9-,10-/m0/s1. The van der Waals surface area contributed by atoms with E-state index in [0.29, 0.717) is 12.1 Å². The van der Waals surface area contributed by atoms with Crippen molar-refractivity contribution in [1.29, 1.82) is 0 Å². The summed E-state index contributed by atoms with van der Waals surface area (Å²) >= 11 is 5.32. The van der Waals surface area contributed by atoms with E-state index in [9.17, 15) is 0 Å². The SMILES string of the molecule is C[C@H](NC(=S)N[C@@H](C)C(C)(C)C)C(C)(C)C. The topological polar surface area (TPSA) is 24.1 Å². The van der Waals surface area contributed by atoms with Gasteiger partial charge in [-0.25, -0.2) is 0 Å². The van der Waals surface area contributed by atoms with Crippen molar-refractivity contribution < 1.29 is 0 Å². The Bertz CT molecular complexity index is 211. The highest BCUT2D eigenvalue weighted by Crippen LogP contribution is 2.20. The summed E-state index contributed by atoms with van der Waals surface area (Å²) in [5, 5.41) is 7.44.